The predicted molar refractivity (Wildman–Crippen MR) is 80.0 cm³/mol. The van der Waals surface area contributed by atoms with E-state index in [0.717, 1.165) is 25.3 Å². The van der Waals surface area contributed by atoms with Crippen LogP contribution in [0.3, 0.4) is 0 Å². The molecule has 0 radical (unpaired) electrons. The Hall–Kier alpha value is -0.220. The highest BCUT2D eigenvalue weighted by Crippen LogP contribution is 2.24. The summed E-state index contributed by atoms with van der Waals surface area (Å²) < 4.78 is 0. The zero-order valence-corrected chi connectivity index (χ0v) is 13.0. The Labute approximate surface area is 116 Å². The number of rotatable bonds is 6. The van der Waals surface area contributed by atoms with Crippen LogP contribution < -0.4 is 10.6 Å². The summed E-state index contributed by atoms with van der Waals surface area (Å²) in [5, 5.41) is 6.49. The molecule has 106 valence electrons. The fourth-order valence-electron chi connectivity index (χ4n) is 2.56. The van der Waals surface area contributed by atoms with E-state index in [0.29, 0.717) is 18.4 Å². The predicted octanol–water partition coefficient (Wildman–Crippen LogP) is 2.27. The Kier molecular flexibility index (Phi) is 6.50. The molecule has 2 N–H and O–H groups in total. The molecule has 1 unspecified atom stereocenters. The lowest BCUT2D eigenvalue weighted by molar-refractivity contribution is -0.122. The van der Waals surface area contributed by atoms with E-state index >= 15 is 0 Å². The van der Waals surface area contributed by atoms with Gasteiger partial charge in [0.25, 0.3) is 0 Å². The molecule has 1 amide bonds. The van der Waals surface area contributed by atoms with Crippen LogP contribution in [0.2, 0.25) is 0 Å². The first-order valence-electron chi connectivity index (χ1n) is 6.97. The first-order valence-corrected chi connectivity index (χ1v) is 8.12. The van der Waals surface area contributed by atoms with Gasteiger partial charge in [0, 0.05) is 37.1 Å². The molecule has 1 heterocycles. The van der Waals surface area contributed by atoms with Crippen LogP contribution in [0.5, 0.6) is 0 Å². The largest absolute Gasteiger partial charge is 0.356 e. The SMILES string of the molecule is CC(C)CC(C)(C)CNC(=O)CC1CSCCN1. The van der Waals surface area contributed by atoms with Crippen LogP contribution >= 0.6 is 11.8 Å². The fourth-order valence-corrected chi connectivity index (χ4v) is 3.51. The molecule has 0 bridgehead atoms. The third kappa shape index (κ3) is 6.64. The zero-order chi connectivity index (χ0) is 13.6. The molecule has 1 fully saturated rings. The maximum absolute atomic E-state index is 11.9. The van der Waals surface area contributed by atoms with Crippen molar-refractivity contribution in [2.24, 2.45) is 11.3 Å². The zero-order valence-electron chi connectivity index (χ0n) is 12.2. The molecular formula is C14H28N2OS. The van der Waals surface area contributed by atoms with E-state index in [9.17, 15) is 4.79 Å². The molecule has 0 aliphatic carbocycles. The lowest BCUT2D eigenvalue weighted by Gasteiger charge is -2.28. The van der Waals surface area contributed by atoms with Crippen molar-refractivity contribution in [2.75, 3.05) is 24.6 Å². The monoisotopic (exact) mass is 272 g/mol. The summed E-state index contributed by atoms with van der Waals surface area (Å²) in [7, 11) is 0. The van der Waals surface area contributed by atoms with Gasteiger partial charge in [0.05, 0.1) is 0 Å². The van der Waals surface area contributed by atoms with Gasteiger partial charge in [-0.25, -0.2) is 0 Å². The second-order valence-electron chi connectivity index (χ2n) is 6.47. The van der Waals surface area contributed by atoms with Crippen molar-refractivity contribution < 1.29 is 4.79 Å². The summed E-state index contributed by atoms with van der Waals surface area (Å²) in [5.41, 5.74) is 0.193. The molecule has 1 aliphatic heterocycles. The minimum Gasteiger partial charge on any atom is -0.356 e. The van der Waals surface area contributed by atoms with Crippen LogP contribution in [-0.4, -0.2) is 36.5 Å². The molecule has 0 aromatic carbocycles. The smallest absolute Gasteiger partial charge is 0.221 e. The molecule has 1 atom stereocenters. The maximum Gasteiger partial charge on any atom is 0.221 e. The third-order valence-electron chi connectivity index (χ3n) is 3.16. The van der Waals surface area contributed by atoms with E-state index in [1.54, 1.807) is 0 Å². The van der Waals surface area contributed by atoms with Gasteiger partial charge in [0.15, 0.2) is 0 Å². The van der Waals surface area contributed by atoms with Crippen molar-refractivity contribution in [3.8, 4) is 0 Å². The van der Waals surface area contributed by atoms with Crippen molar-refractivity contribution in [1.82, 2.24) is 10.6 Å². The van der Waals surface area contributed by atoms with Crippen molar-refractivity contribution in [2.45, 2.75) is 46.6 Å². The Bertz CT molecular complexity index is 261. The number of carbonyl (C=O) groups is 1. The van der Waals surface area contributed by atoms with E-state index in [-0.39, 0.29) is 11.3 Å². The van der Waals surface area contributed by atoms with Crippen LogP contribution in [0, 0.1) is 11.3 Å². The first kappa shape index (κ1) is 15.8. The number of hydrogen-bond donors (Lipinski definition) is 2. The summed E-state index contributed by atoms with van der Waals surface area (Å²) in [5.74, 6) is 3.09. The Morgan fingerprint density at radius 1 is 1.50 bits per heavy atom. The minimum absolute atomic E-state index is 0.187. The second-order valence-corrected chi connectivity index (χ2v) is 7.62. The summed E-state index contributed by atoms with van der Waals surface area (Å²) in [4.78, 5) is 11.9. The standard InChI is InChI=1S/C14H28N2OS/c1-11(2)8-14(3,4)10-16-13(17)7-12-9-18-6-5-15-12/h11-12,15H,5-10H2,1-4H3,(H,16,17). The van der Waals surface area contributed by atoms with Crippen molar-refractivity contribution >= 4 is 17.7 Å². The normalized spacial score (nSPS) is 21.1. The summed E-state index contributed by atoms with van der Waals surface area (Å²) in [6.07, 6.45) is 1.76. The molecule has 1 aliphatic rings. The number of amides is 1. The summed E-state index contributed by atoms with van der Waals surface area (Å²) >= 11 is 1.93. The van der Waals surface area contributed by atoms with E-state index in [2.05, 4.69) is 38.3 Å². The molecule has 3 nitrogen and oxygen atoms in total. The molecule has 0 aromatic rings. The summed E-state index contributed by atoms with van der Waals surface area (Å²) in [6.45, 7) is 10.7. The van der Waals surface area contributed by atoms with Crippen molar-refractivity contribution in [1.29, 1.82) is 0 Å². The first-order chi connectivity index (χ1) is 8.39. The lowest BCUT2D eigenvalue weighted by Crippen LogP contribution is -2.43. The highest BCUT2D eigenvalue weighted by atomic mass is 32.2. The third-order valence-corrected chi connectivity index (χ3v) is 4.29. The van der Waals surface area contributed by atoms with E-state index in [1.807, 2.05) is 11.8 Å². The van der Waals surface area contributed by atoms with Gasteiger partial charge in [-0.1, -0.05) is 27.7 Å². The molecular weight excluding hydrogens is 244 g/mol. The van der Waals surface area contributed by atoms with Gasteiger partial charge < -0.3 is 10.6 Å². The number of hydrogen-bond acceptors (Lipinski definition) is 3. The van der Waals surface area contributed by atoms with Gasteiger partial charge >= 0.3 is 0 Å². The van der Waals surface area contributed by atoms with Crippen molar-refractivity contribution in [3.05, 3.63) is 0 Å². The fraction of sp³-hybridized carbons (Fsp3) is 0.929. The molecule has 0 saturated carbocycles. The second kappa shape index (κ2) is 7.39. The van der Waals surface area contributed by atoms with Gasteiger partial charge in [-0.2, -0.15) is 11.8 Å². The van der Waals surface area contributed by atoms with Gasteiger partial charge in [-0.3, -0.25) is 4.79 Å². The van der Waals surface area contributed by atoms with E-state index in [4.69, 9.17) is 0 Å². The molecule has 1 rings (SSSR count). The highest BCUT2D eigenvalue weighted by molar-refractivity contribution is 7.99. The van der Waals surface area contributed by atoms with Gasteiger partial charge in [-0.15, -0.1) is 0 Å². The maximum atomic E-state index is 11.9. The van der Waals surface area contributed by atoms with E-state index < -0.39 is 0 Å². The lowest BCUT2D eigenvalue weighted by atomic mass is 9.84. The Balaban J connectivity index is 2.23. The molecule has 1 saturated heterocycles. The minimum atomic E-state index is 0.187. The Morgan fingerprint density at radius 2 is 2.22 bits per heavy atom. The van der Waals surface area contributed by atoms with Crippen LogP contribution in [0.1, 0.15) is 40.5 Å². The van der Waals surface area contributed by atoms with Crippen LogP contribution in [-0.2, 0) is 4.79 Å². The molecule has 0 spiro atoms. The number of thioether (sulfide) groups is 1. The van der Waals surface area contributed by atoms with Crippen molar-refractivity contribution in [3.63, 3.8) is 0 Å². The quantitative estimate of drug-likeness (QED) is 0.779. The van der Waals surface area contributed by atoms with Gasteiger partial charge in [0.1, 0.15) is 0 Å². The van der Waals surface area contributed by atoms with Gasteiger partial charge in [-0.05, 0) is 17.8 Å². The highest BCUT2D eigenvalue weighted by Gasteiger charge is 2.22. The molecule has 18 heavy (non-hydrogen) atoms. The van der Waals surface area contributed by atoms with Gasteiger partial charge in [0.2, 0.25) is 5.91 Å². The number of carbonyl (C=O) groups excluding carboxylic acids is 1. The van der Waals surface area contributed by atoms with Crippen LogP contribution in [0.25, 0.3) is 0 Å². The molecule has 0 aromatic heterocycles. The average molecular weight is 272 g/mol. The van der Waals surface area contributed by atoms with Crippen LogP contribution in [0.4, 0.5) is 0 Å². The van der Waals surface area contributed by atoms with E-state index in [1.165, 1.54) is 5.75 Å². The van der Waals surface area contributed by atoms with Crippen LogP contribution in [0.15, 0.2) is 0 Å². The molecule has 4 heteroatoms. The average Bonchev–Trinajstić information content (AvgIpc) is 2.26. The Morgan fingerprint density at radius 3 is 2.78 bits per heavy atom. The number of nitrogens with one attached hydrogen (secondary N) is 2. The topological polar surface area (TPSA) is 41.1 Å². The summed E-state index contributed by atoms with van der Waals surface area (Å²) in [6, 6.07) is 0.358.